The molecule has 5 heterocycles. The fourth-order valence-electron chi connectivity index (χ4n) is 4.12. The van der Waals surface area contributed by atoms with E-state index in [1.165, 1.54) is 28.3 Å². The summed E-state index contributed by atoms with van der Waals surface area (Å²) in [7, 11) is 1.60. The Morgan fingerprint density at radius 2 is 2.00 bits per heavy atom. The molecule has 13 nitrogen and oxygen atoms in total. The highest BCUT2D eigenvalue weighted by atomic mass is 32.1. The van der Waals surface area contributed by atoms with Gasteiger partial charge in [0.05, 0.1) is 37.3 Å². The number of pyridine rings is 3. The van der Waals surface area contributed by atoms with Gasteiger partial charge in [-0.3, -0.25) is 14.2 Å². The van der Waals surface area contributed by atoms with Crippen molar-refractivity contribution >= 4 is 45.9 Å². The van der Waals surface area contributed by atoms with Crippen molar-refractivity contribution in [3.05, 3.63) is 63.8 Å². The van der Waals surface area contributed by atoms with E-state index < -0.39 is 28.7 Å². The van der Waals surface area contributed by atoms with E-state index in [0.717, 1.165) is 12.3 Å². The number of amides is 1. The van der Waals surface area contributed by atoms with Crippen molar-refractivity contribution in [1.82, 2.24) is 19.5 Å². The molecule has 1 amide bonds. The number of carboxylic acids is 1. The fraction of sp³-hybridized carbons (Fsp3) is 0.308. The van der Waals surface area contributed by atoms with E-state index in [1.54, 1.807) is 29.5 Å². The van der Waals surface area contributed by atoms with Gasteiger partial charge in [0.2, 0.25) is 11.3 Å². The number of nitrogens with one attached hydrogen (secondary N) is 1. The van der Waals surface area contributed by atoms with E-state index in [0.29, 0.717) is 43.1 Å². The molecule has 0 aliphatic carbocycles. The molecule has 4 aromatic rings. The second-order valence-corrected chi connectivity index (χ2v) is 9.82. The average molecular weight is 585 g/mol. The van der Waals surface area contributed by atoms with Gasteiger partial charge < -0.3 is 29.5 Å². The third-order valence-electron chi connectivity index (χ3n) is 6.24. The first-order valence-electron chi connectivity index (χ1n) is 12.5. The number of hydrogen-bond acceptors (Lipinski definition) is 11. The summed E-state index contributed by atoms with van der Waals surface area (Å²) in [5.41, 5.74) is -1.31. The van der Waals surface area contributed by atoms with Crippen LogP contribution in [0.2, 0.25) is 0 Å². The van der Waals surface area contributed by atoms with Crippen molar-refractivity contribution in [2.75, 3.05) is 56.8 Å². The number of hydrogen-bond donors (Lipinski definition) is 2. The minimum absolute atomic E-state index is 0.0554. The van der Waals surface area contributed by atoms with Gasteiger partial charge in [0.1, 0.15) is 23.7 Å². The van der Waals surface area contributed by atoms with Crippen LogP contribution in [0.3, 0.4) is 0 Å². The zero-order valence-corrected chi connectivity index (χ0v) is 22.6. The molecule has 0 atom stereocenters. The van der Waals surface area contributed by atoms with Crippen LogP contribution in [0.1, 0.15) is 10.4 Å². The molecule has 1 saturated heterocycles. The predicted octanol–water partition coefficient (Wildman–Crippen LogP) is 2.19. The zero-order chi connectivity index (χ0) is 28.9. The Hall–Kier alpha value is -4.47. The molecule has 0 aromatic carbocycles. The number of aromatic carboxylic acids is 1. The van der Waals surface area contributed by atoms with Crippen LogP contribution >= 0.6 is 11.3 Å². The van der Waals surface area contributed by atoms with E-state index in [-0.39, 0.29) is 35.8 Å². The molecule has 2 N–H and O–H groups in total. The van der Waals surface area contributed by atoms with Crippen LogP contribution in [-0.4, -0.2) is 83.1 Å². The van der Waals surface area contributed by atoms with Crippen LogP contribution in [0.5, 0.6) is 5.75 Å². The average Bonchev–Trinajstić information content (AvgIpc) is 3.46. The number of carbonyl (C=O) groups is 2. The first-order valence-corrected chi connectivity index (χ1v) is 13.3. The summed E-state index contributed by atoms with van der Waals surface area (Å²) in [6.45, 7) is 2.09. The maximum atomic E-state index is 15.1. The maximum absolute atomic E-state index is 15.1. The molecule has 41 heavy (non-hydrogen) atoms. The quantitative estimate of drug-likeness (QED) is 0.235. The summed E-state index contributed by atoms with van der Waals surface area (Å²) in [5.74, 6) is -2.18. The summed E-state index contributed by atoms with van der Waals surface area (Å²) < 4.78 is 32.2. The zero-order valence-electron chi connectivity index (χ0n) is 21.8. The fourth-order valence-corrected chi connectivity index (χ4v) is 4.74. The van der Waals surface area contributed by atoms with E-state index >= 15 is 4.39 Å². The number of fused-ring (bicyclic) bond motifs is 1. The lowest BCUT2D eigenvalue weighted by Crippen LogP contribution is -2.52. The second-order valence-electron chi connectivity index (χ2n) is 8.95. The van der Waals surface area contributed by atoms with Crippen molar-refractivity contribution in [3.8, 4) is 10.9 Å². The third kappa shape index (κ3) is 6.16. The molecule has 0 saturated carbocycles. The normalized spacial score (nSPS) is 13.3. The van der Waals surface area contributed by atoms with Crippen LogP contribution in [-0.2, 0) is 14.3 Å². The summed E-state index contributed by atoms with van der Waals surface area (Å²) in [4.78, 5) is 51.4. The lowest BCUT2D eigenvalue weighted by molar-refractivity contribution is -0.120. The predicted molar refractivity (Wildman–Crippen MR) is 147 cm³/mol. The van der Waals surface area contributed by atoms with Gasteiger partial charge in [0, 0.05) is 38.0 Å². The summed E-state index contributed by atoms with van der Waals surface area (Å²) in [6.07, 6.45) is 4.14. The Morgan fingerprint density at radius 1 is 1.20 bits per heavy atom. The topological polar surface area (TPSA) is 158 Å². The molecule has 15 heteroatoms. The molecule has 4 aromatic heterocycles. The minimum atomic E-state index is -1.44. The number of methoxy groups -OCH3 is 1. The molecule has 0 spiro atoms. The highest BCUT2D eigenvalue weighted by molar-refractivity contribution is 7.12. The van der Waals surface area contributed by atoms with Crippen LogP contribution in [0.25, 0.3) is 16.2 Å². The molecule has 214 valence electrons. The molecule has 1 aliphatic heterocycles. The summed E-state index contributed by atoms with van der Waals surface area (Å²) >= 11 is 1.20. The van der Waals surface area contributed by atoms with Gasteiger partial charge in [0.25, 0.3) is 0 Å². The van der Waals surface area contributed by atoms with Gasteiger partial charge in [-0.15, -0.1) is 11.3 Å². The Labute approximate surface area is 236 Å². The standard InChI is InChI=1S/C26H25FN6O7S/c1-38-5-6-39-7-8-40-16-2-3-20(29-11-16)30-24(35)15-12-32(13-15)23-19(27)10-17-21(34)18(25(36)37)14-33(22(17)31-23)26-28-4-9-41-26/h2-4,9-11,14-15H,5-8,12-13H2,1H3,(H,36,37)(H,29,30,35). The molecule has 5 rings (SSSR count). The number of anilines is 2. The number of rotatable bonds is 12. The largest absolute Gasteiger partial charge is 0.490 e. The van der Waals surface area contributed by atoms with Gasteiger partial charge in [-0.2, -0.15) is 0 Å². The number of carboxylic acid groups (broad SMARTS) is 1. The third-order valence-corrected chi connectivity index (χ3v) is 7.01. The number of nitrogens with zero attached hydrogens (tertiary/aromatic N) is 5. The van der Waals surface area contributed by atoms with Gasteiger partial charge >= 0.3 is 5.97 Å². The SMILES string of the molecule is COCCOCCOc1ccc(NC(=O)C2CN(c3nc4c(cc3F)c(=O)c(C(=O)O)cn4-c3nccs3)C2)nc1. The maximum Gasteiger partial charge on any atom is 0.341 e. The first-order chi connectivity index (χ1) is 19.9. The molecular formula is C26H25FN6O7S. The molecule has 1 aliphatic rings. The van der Waals surface area contributed by atoms with E-state index in [2.05, 4.69) is 20.3 Å². The number of aromatic nitrogens is 4. The lowest BCUT2D eigenvalue weighted by atomic mass is 9.99. The summed E-state index contributed by atoms with van der Waals surface area (Å²) in [6, 6.07) is 4.27. The first kappa shape index (κ1) is 28.1. The van der Waals surface area contributed by atoms with E-state index in [4.69, 9.17) is 14.2 Å². The van der Waals surface area contributed by atoms with Gasteiger partial charge in [0.15, 0.2) is 22.4 Å². The highest BCUT2D eigenvalue weighted by Crippen LogP contribution is 2.29. The van der Waals surface area contributed by atoms with Crippen LogP contribution in [0.4, 0.5) is 16.0 Å². The van der Waals surface area contributed by atoms with Gasteiger partial charge in [-0.1, -0.05) is 0 Å². The number of thiazole rings is 1. The Kier molecular flexibility index (Phi) is 8.47. The van der Waals surface area contributed by atoms with E-state index in [9.17, 15) is 19.5 Å². The van der Waals surface area contributed by atoms with Crippen molar-refractivity contribution in [2.45, 2.75) is 0 Å². The smallest absolute Gasteiger partial charge is 0.341 e. The molecule has 0 bridgehead atoms. The number of carbonyl (C=O) groups excluding carboxylic acids is 1. The Balaban J connectivity index is 1.24. The van der Waals surface area contributed by atoms with Crippen molar-refractivity contribution in [2.24, 2.45) is 5.92 Å². The Bertz CT molecular complexity index is 1610. The van der Waals surface area contributed by atoms with Crippen molar-refractivity contribution in [1.29, 1.82) is 0 Å². The second kappa shape index (κ2) is 12.4. The van der Waals surface area contributed by atoms with Crippen LogP contribution < -0.4 is 20.4 Å². The molecular weight excluding hydrogens is 559 g/mol. The Morgan fingerprint density at radius 3 is 2.68 bits per heavy atom. The number of ether oxygens (including phenoxy) is 3. The van der Waals surface area contributed by atoms with Gasteiger partial charge in [-0.05, 0) is 18.2 Å². The van der Waals surface area contributed by atoms with Crippen LogP contribution in [0, 0.1) is 11.7 Å². The molecule has 1 fully saturated rings. The molecule has 0 radical (unpaired) electrons. The minimum Gasteiger partial charge on any atom is -0.490 e. The summed E-state index contributed by atoms with van der Waals surface area (Å²) in [5, 5.41) is 14.1. The van der Waals surface area contributed by atoms with E-state index in [1.807, 2.05) is 0 Å². The lowest BCUT2D eigenvalue weighted by Gasteiger charge is -2.39. The van der Waals surface area contributed by atoms with Crippen molar-refractivity contribution in [3.63, 3.8) is 0 Å². The molecule has 0 unspecified atom stereocenters. The highest BCUT2D eigenvalue weighted by Gasteiger charge is 2.35. The van der Waals surface area contributed by atoms with Crippen molar-refractivity contribution < 1.29 is 33.3 Å². The monoisotopic (exact) mass is 584 g/mol. The number of halogens is 1. The van der Waals surface area contributed by atoms with Gasteiger partial charge in [-0.25, -0.2) is 24.1 Å². The van der Waals surface area contributed by atoms with Crippen LogP contribution in [0.15, 0.2) is 47.0 Å².